The van der Waals surface area contributed by atoms with Crippen LogP contribution in [0.5, 0.6) is 5.75 Å². The molecule has 0 aliphatic rings. The maximum absolute atomic E-state index is 12.2. The van der Waals surface area contributed by atoms with Gasteiger partial charge in [0.15, 0.2) is 5.96 Å². The van der Waals surface area contributed by atoms with E-state index < -0.39 is 12.5 Å². The summed E-state index contributed by atoms with van der Waals surface area (Å²) in [6.45, 7) is 6.50. The van der Waals surface area contributed by atoms with Crippen molar-refractivity contribution in [3.63, 3.8) is 0 Å². The standard InChI is InChI=1S/C18H23F3N4O3/c1-4-22-17(24-10-16-25-11(2)12(3)27-16)23-9-15(26)13-5-7-14(8-6-13)28-18(19,20)21/h5-8,15,26H,4,9-10H2,1-3H3,(H2,22,23,24). The summed E-state index contributed by atoms with van der Waals surface area (Å²) in [5.41, 5.74) is 1.24. The number of nitrogens with one attached hydrogen (secondary N) is 2. The summed E-state index contributed by atoms with van der Waals surface area (Å²) < 4.78 is 45.8. The van der Waals surface area contributed by atoms with Crippen molar-refractivity contribution in [2.24, 2.45) is 4.99 Å². The Balaban J connectivity index is 1.93. The lowest BCUT2D eigenvalue weighted by molar-refractivity contribution is -0.274. The van der Waals surface area contributed by atoms with E-state index in [0.717, 1.165) is 23.6 Å². The predicted octanol–water partition coefficient (Wildman–Crippen LogP) is 2.98. The average Bonchev–Trinajstić information content (AvgIpc) is 2.94. The number of aliphatic hydroxyl groups excluding tert-OH is 1. The number of aliphatic hydroxyl groups is 1. The molecule has 0 bridgehead atoms. The number of aromatic nitrogens is 1. The number of hydrogen-bond acceptors (Lipinski definition) is 5. The molecule has 0 saturated carbocycles. The lowest BCUT2D eigenvalue weighted by atomic mass is 10.1. The molecular weight excluding hydrogens is 377 g/mol. The summed E-state index contributed by atoms with van der Waals surface area (Å²) in [5, 5.41) is 16.2. The molecular formula is C18H23F3N4O3. The zero-order chi connectivity index (χ0) is 20.7. The molecule has 0 spiro atoms. The molecule has 1 heterocycles. The first-order valence-electron chi connectivity index (χ1n) is 8.66. The first-order chi connectivity index (χ1) is 13.2. The summed E-state index contributed by atoms with van der Waals surface area (Å²) in [6, 6.07) is 5.04. The van der Waals surface area contributed by atoms with E-state index in [1.54, 1.807) is 0 Å². The molecule has 0 saturated heterocycles. The highest BCUT2D eigenvalue weighted by Gasteiger charge is 2.31. The SMILES string of the molecule is CCNC(=NCc1nc(C)c(C)o1)NCC(O)c1ccc(OC(F)(F)F)cc1. The van der Waals surface area contributed by atoms with Gasteiger partial charge in [0.2, 0.25) is 5.89 Å². The van der Waals surface area contributed by atoms with Crippen molar-refractivity contribution < 1.29 is 27.4 Å². The molecule has 2 aromatic rings. The van der Waals surface area contributed by atoms with Gasteiger partial charge in [-0.15, -0.1) is 13.2 Å². The molecule has 1 unspecified atom stereocenters. The lowest BCUT2D eigenvalue weighted by Gasteiger charge is -2.16. The Kier molecular flexibility index (Phi) is 7.27. The highest BCUT2D eigenvalue weighted by molar-refractivity contribution is 5.79. The van der Waals surface area contributed by atoms with E-state index in [2.05, 4.69) is 25.3 Å². The molecule has 1 aromatic carbocycles. The molecule has 3 N–H and O–H groups in total. The highest BCUT2D eigenvalue weighted by Crippen LogP contribution is 2.24. The second-order valence-electron chi connectivity index (χ2n) is 5.96. The highest BCUT2D eigenvalue weighted by atomic mass is 19.4. The third-order valence-corrected chi connectivity index (χ3v) is 3.75. The Hall–Kier alpha value is -2.75. The van der Waals surface area contributed by atoms with Gasteiger partial charge in [-0.3, -0.25) is 0 Å². The first-order valence-corrected chi connectivity index (χ1v) is 8.66. The van der Waals surface area contributed by atoms with E-state index in [9.17, 15) is 18.3 Å². The topological polar surface area (TPSA) is 91.9 Å². The maximum Gasteiger partial charge on any atom is 0.573 e. The van der Waals surface area contributed by atoms with Crippen LogP contribution < -0.4 is 15.4 Å². The van der Waals surface area contributed by atoms with Crippen molar-refractivity contribution in [1.82, 2.24) is 15.6 Å². The number of guanidine groups is 1. The van der Waals surface area contributed by atoms with Gasteiger partial charge in [-0.05, 0) is 38.5 Å². The molecule has 0 fully saturated rings. The minimum atomic E-state index is -4.75. The van der Waals surface area contributed by atoms with E-state index in [1.165, 1.54) is 12.1 Å². The minimum absolute atomic E-state index is 0.106. The predicted molar refractivity (Wildman–Crippen MR) is 96.9 cm³/mol. The number of nitrogens with zero attached hydrogens (tertiary/aromatic N) is 2. The van der Waals surface area contributed by atoms with Gasteiger partial charge in [-0.2, -0.15) is 0 Å². The van der Waals surface area contributed by atoms with Gasteiger partial charge in [0.1, 0.15) is 18.1 Å². The smallest absolute Gasteiger partial charge is 0.444 e. The first kappa shape index (κ1) is 21.5. The zero-order valence-electron chi connectivity index (χ0n) is 15.8. The molecule has 0 aliphatic heterocycles. The van der Waals surface area contributed by atoms with Crippen LogP contribution in [0.3, 0.4) is 0 Å². The van der Waals surface area contributed by atoms with Crippen LogP contribution in [0.1, 0.15) is 35.9 Å². The van der Waals surface area contributed by atoms with Crippen LogP contribution in [0, 0.1) is 13.8 Å². The summed E-state index contributed by atoms with van der Waals surface area (Å²) in [7, 11) is 0. The van der Waals surface area contributed by atoms with Crippen molar-refractivity contribution in [2.45, 2.75) is 39.8 Å². The second-order valence-corrected chi connectivity index (χ2v) is 5.96. The number of halogens is 3. The summed E-state index contributed by atoms with van der Waals surface area (Å²) >= 11 is 0. The number of oxazole rings is 1. The van der Waals surface area contributed by atoms with E-state index in [4.69, 9.17) is 4.42 Å². The van der Waals surface area contributed by atoms with Gasteiger partial charge >= 0.3 is 6.36 Å². The van der Waals surface area contributed by atoms with Gasteiger partial charge in [0, 0.05) is 13.1 Å². The maximum atomic E-state index is 12.2. The van der Waals surface area contributed by atoms with E-state index in [0.29, 0.717) is 24.0 Å². The quantitative estimate of drug-likeness (QED) is 0.489. The Labute approximate surface area is 160 Å². The average molecular weight is 400 g/mol. The number of rotatable bonds is 7. The lowest BCUT2D eigenvalue weighted by Crippen LogP contribution is -2.39. The summed E-state index contributed by atoms with van der Waals surface area (Å²) in [6.07, 6.45) is -5.70. The molecule has 0 radical (unpaired) electrons. The Morgan fingerprint density at radius 1 is 1.25 bits per heavy atom. The molecule has 7 nitrogen and oxygen atoms in total. The number of benzene rings is 1. The van der Waals surface area contributed by atoms with Gasteiger partial charge < -0.3 is 24.9 Å². The van der Waals surface area contributed by atoms with Crippen LogP contribution in [0.25, 0.3) is 0 Å². The largest absolute Gasteiger partial charge is 0.573 e. The summed E-state index contributed by atoms with van der Waals surface area (Å²) in [5.74, 6) is 1.32. The van der Waals surface area contributed by atoms with E-state index >= 15 is 0 Å². The Morgan fingerprint density at radius 3 is 2.46 bits per heavy atom. The van der Waals surface area contributed by atoms with Crippen molar-refractivity contribution in [3.05, 3.63) is 47.2 Å². The molecule has 28 heavy (non-hydrogen) atoms. The van der Waals surface area contributed by atoms with Gasteiger partial charge in [-0.25, -0.2) is 9.98 Å². The number of alkyl halides is 3. The molecule has 1 aromatic heterocycles. The number of aliphatic imine (C=N–C) groups is 1. The van der Waals surface area contributed by atoms with E-state index in [1.807, 2.05) is 20.8 Å². The van der Waals surface area contributed by atoms with Crippen LogP contribution in [0.4, 0.5) is 13.2 Å². The van der Waals surface area contributed by atoms with Gasteiger partial charge in [-0.1, -0.05) is 12.1 Å². The third-order valence-electron chi connectivity index (χ3n) is 3.75. The van der Waals surface area contributed by atoms with Gasteiger partial charge in [0.05, 0.1) is 11.8 Å². The minimum Gasteiger partial charge on any atom is -0.444 e. The van der Waals surface area contributed by atoms with Crippen LogP contribution >= 0.6 is 0 Å². The number of aryl methyl sites for hydroxylation is 2. The molecule has 154 valence electrons. The molecule has 0 aliphatic carbocycles. The fourth-order valence-corrected chi connectivity index (χ4v) is 2.30. The van der Waals surface area contributed by atoms with Crippen molar-refractivity contribution in [3.8, 4) is 5.75 Å². The van der Waals surface area contributed by atoms with Crippen molar-refractivity contribution in [1.29, 1.82) is 0 Å². The normalized spacial score (nSPS) is 13.3. The van der Waals surface area contributed by atoms with Crippen LogP contribution in [-0.2, 0) is 6.54 Å². The second kappa shape index (κ2) is 9.45. The fraction of sp³-hybridized carbons (Fsp3) is 0.444. The zero-order valence-corrected chi connectivity index (χ0v) is 15.8. The monoisotopic (exact) mass is 400 g/mol. The van der Waals surface area contributed by atoms with Crippen molar-refractivity contribution >= 4 is 5.96 Å². The van der Waals surface area contributed by atoms with Gasteiger partial charge in [0.25, 0.3) is 0 Å². The molecule has 10 heteroatoms. The molecule has 0 amide bonds. The summed E-state index contributed by atoms with van der Waals surface area (Å²) in [4.78, 5) is 8.59. The number of ether oxygens (including phenoxy) is 1. The number of hydrogen-bond donors (Lipinski definition) is 3. The fourth-order valence-electron chi connectivity index (χ4n) is 2.30. The van der Waals surface area contributed by atoms with E-state index in [-0.39, 0.29) is 18.8 Å². The van der Waals surface area contributed by atoms with Crippen LogP contribution in [0.2, 0.25) is 0 Å². The Morgan fingerprint density at radius 2 is 1.93 bits per heavy atom. The molecule has 2 rings (SSSR count). The van der Waals surface area contributed by atoms with Crippen LogP contribution in [0.15, 0.2) is 33.7 Å². The Bertz CT molecular complexity index is 769. The molecule has 1 atom stereocenters. The van der Waals surface area contributed by atoms with Crippen molar-refractivity contribution in [2.75, 3.05) is 13.1 Å². The third kappa shape index (κ3) is 6.76. The van der Waals surface area contributed by atoms with Crippen LogP contribution in [-0.4, -0.2) is 35.5 Å².